The minimum Gasteiger partial charge on any atom is -0.339 e. The van der Waals surface area contributed by atoms with Crippen LogP contribution in [0.1, 0.15) is 29.4 Å². The molecule has 1 aliphatic carbocycles. The molecule has 0 saturated heterocycles. The molecule has 0 radical (unpaired) electrons. The molecule has 1 heterocycles. The second kappa shape index (κ2) is 7.78. The number of carbonyl (C=O) groups is 1. The molecular weight excluding hydrogens is 395 g/mol. The quantitative estimate of drug-likeness (QED) is 0.546. The van der Waals surface area contributed by atoms with E-state index in [0.29, 0.717) is 39.5 Å². The molecule has 0 amide bonds. The smallest absolute Gasteiger partial charge is 0.229 e. The maximum atomic E-state index is 12.7. The Kier molecular flexibility index (Phi) is 5.20. The van der Waals surface area contributed by atoms with Crippen molar-refractivity contribution >= 4 is 52.1 Å². The zero-order chi connectivity index (χ0) is 19.7. The Morgan fingerprint density at radius 2 is 1.71 bits per heavy atom. The molecule has 0 saturated carbocycles. The number of nitrogens with one attached hydrogen (secondary N) is 2. The molecule has 1 aromatic heterocycles. The van der Waals surface area contributed by atoms with Gasteiger partial charge in [0, 0.05) is 17.8 Å². The maximum Gasteiger partial charge on any atom is 0.229 e. The Bertz CT molecular complexity index is 1040. The molecule has 142 valence electrons. The highest BCUT2D eigenvalue weighted by Gasteiger charge is 2.28. The van der Waals surface area contributed by atoms with Gasteiger partial charge in [0.2, 0.25) is 5.95 Å². The predicted molar refractivity (Wildman–Crippen MR) is 113 cm³/mol. The lowest BCUT2D eigenvalue weighted by Crippen LogP contribution is -2.22. The summed E-state index contributed by atoms with van der Waals surface area (Å²) in [4.78, 5) is 21.9. The Hall–Kier alpha value is -2.63. The van der Waals surface area contributed by atoms with E-state index in [-0.39, 0.29) is 11.7 Å². The summed E-state index contributed by atoms with van der Waals surface area (Å²) in [6.07, 6.45) is 1.21. The van der Waals surface area contributed by atoms with Crippen LogP contribution in [0.5, 0.6) is 0 Å². The zero-order valence-corrected chi connectivity index (χ0v) is 16.7. The molecule has 0 spiro atoms. The van der Waals surface area contributed by atoms with Gasteiger partial charge < -0.3 is 10.6 Å². The van der Waals surface area contributed by atoms with Gasteiger partial charge in [0.15, 0.2) is 5.78 Å². The third kappa shape index (κ3) is 3.96. The Morgan fingerprint density at radius 3 is 2.46 bits per heavy atom. The lowest BCUT2D eigenvalue weighted by molar-refractivity contribution is 0.0953. The van der Waals surface area contributed by atoms with Gasteiger partial charge in [-0.05, 0) is 42.7 Å². The summed E-state index contributed by atoms with van der Waals surface area (Å²) in [7, 11) is 0. The molecule has 1 unspecified atom stereocenters. The van der Waals surface area contributed by atoms with Crippen molar-refractivity contribution in [2.75, 3.05) is 10.6 Å². The van der Waals surface area contributed by atoms with Crippen molar-refractivity contribution in [1.29, 1.82) is 0 Å². The third-order valence-electron chi connectivity index (χ3n) is 4.55. The van der Waals surface area contributed by atoms with Gasteiger partial charge in [-0.25, -0.2) is 4.98 Å². The molecule has 5 nitrogen and oxygen atoms in total. The number of para-hydroxylation sites is 1. The molecule has 28 heavy (non-hydrogen) atoms. The topological polar surface area (TPSA) is 66.9 Å². The zero-order valence-electron chi connectivity index (χ0n) is 15.2. The highest BCUT2D eigenvalue weighted by Crippen LogP contribution is 2.33. The van der Waals surface area contributed by atoms with Crippen molar-refractivity contribution in [3.05, 3.63) is 69.8 Å². The molecule has 7 heteroatoms. The number of anilines is 4. The average Bonchev–Trinajstić information content (AvgIpc) is 2.65. The number of rotatable bonds is 4. The van der Waals surface area contributed by atoms with E-state index in [2.05, 4.69) is 27.5 Å². The van der Waals surface area contributed by atoms with E-state index in [1.54, 1.807) is 18.2 Å². The third-order valence-corrected chi connectivity index (χ3v) is 5.29. The number of fused-ring (bicyclic) bond motifs is 1. The summed E-state index contributed by atoms with van der Waals surface area (Å²) >= 11 is 12.1. The van der Waals surface area contributed by atoms with Crippen molar-refractivity contribution in [3.8, 4) is 0 Å². The predicted octanol–water partition coefficient (Wildman–Crippen LogP) is 6.04. The van der Waals surface area contributed by atoms with Crippen molar-refractivity contribution < 1.29 is 4.79 Å². The van der Waals surface area contributed by atoms with Crippen LogP contribution in [-0.4, -0.2) is 15.8 Å². The number of Topliss-reactive ketones (excluding diaryl/α,β-unsaturated/α-hetero) is 1. The maximum absolute atomic E-state index is 12.7. The first kappa shape index (κ1) is 18.7. The fourth-order valence-electron chi connectivity index (χ4n) is 3.28. The molecule has 3 aromatic rings. The number of ketones is 1. The monoisotopic (exact) mass is 412 g/mol. The Balaban J connectivity index is 1.76. The number of carbonyl (C=O) groups excluding carboxylic acids is 1. The van der Waals surface area contributed by atoms with Crippen LogP contribution < -0.4 is 10.6 Å². The van der Waals surface area contributed by atoms with Crippen LogP contribution in [0.3, 0.4) is 0 Å². The van der Waals surface area contributed by atoms with Crippen LogP contribution in [-0.2, 0) is 6.42 Å². The van der Waals surface area contributed by atoms with E-state index >= 15 is 0 Å². The van der Waals surface area contributed by atoms with Gasteiger partial charge in [-0.15, -0.1) is 0 Å². The molecule has 4 rings (SSSR count). The molecule has 0 fully saturated rings. The SMILES string of the molecule is CC1CC(=O)c2c(nc(Nc3ccccc3)nc2Nc2ccc(Cl)c(Cl)c2)C1. The first-order valence-corrected chi connectivity index (χ1v) is 9.73. The van der Waals surface area contributed by atoms with E-state index in [0.717, 1.165) is 17.8 Å². The summed E-state index contributed by atoms with van der Waals surface area (Å²) < 4.78 is 0. The van der Waals surface area contributed by atoms with Gasteiger partial charge in [0.1, 0.15) is 5.82 Å². The average molecular weight is 413 g/mol. The number of halogens is 2. The Labute approximate surface area is 173 Å². The van der Waals surface area contributed by atoms with Crippen molar-refractivity contribution in [2.24, 2.45) is 5.92 Å². The summed E-state index contributed by atoms with van der Waals surface area (Å²) in [5.41, 5.74) is 2.87. The molecule has 1 atom stereocenters. The van der Waals surface area contributed by atoms with Crippen LogP contribution >= 0.6 is 23.2 Å². The summed E-state index contributed by atoms with van der Waals surface area (Å²) in [6, 6.07) is 14.9. The van der Waals surface area contributed by atoms with E-state index in [1.165, 1.54) is 0 Å². The summed E-state index contributed by atoms with van der Waals surface area (Å²) in [5, 5.41) is 7.32. The van der Waals surface area contributed by atoms with E-state index in [1.807, 2.05) is 30.3 Å². The standard InChI is InChI=1S/C21H18Cl2N4O/c1-12-9-17-19(18(28)10-12)20(24-14-7-8-15(22)16(23)11-14)27-21(26-17)25-13-5-3-2-4-6-13/h2-8,11-12H,9-10H2,1H3,(H2,24,25,26,27). The molecule has 0 aliphatic heterocycles. The number of aromatic nitrogens is 2. The van der Waals surface area contributed by atoms with Crippen molar-refractivity contribution in [1.82, 2.24) is 9.97 Å². The van der Waals surface area contributed by atoms with Gasteiger partial charge in [0.05, 0.1) is 21.3 Å². The van der Waals surface area contributed by atoms with Gasteiger partial charge in [-0.1, -0.05) is 48.3 Å². The first-order valence-electron chi connectivity index (χ1n) is 8.98. The van der Waals surface area contributed by atoms with Gasteiger partial charge in [-0.3, -0.25) is 4.79 Å². The second-order valence-corrected chi connectivity index (χ2v) is 7.71. The highest BCUT2D eigenvalue weighted by molar-refractivity contribution is 6.42. The Morgan fingerprint density at radius 1 is 0.929 bits per heavy atom. The minimum absolute atomic E-state index is 0.0440. The molecule has 1 aliphatic rings. The van der Waals surface area contributed by atoms with Gasteiger partial charge in [0.25, 0.3) is 0 Å². The van der Waals surface area contributed by atoms with Crippen LogP contribution in [0.2, 0.25) is 10.0 Å². The van der Waals surface area contributed by atoms with Crippen LogP contribution in [0.15, 0.2) is 48.5 Å². The van der Waals surface area contributed by atoms with Gasteiger partial charge >= 0.3 is 0 Å². The van der Waals surface area contributed by atoms with Crippen molar-refractivity contribution in [2.45, 2.75) is 19.8 Å². The van der Waals surface area contributed by atoms with E-state index < -0.39 is 0 Å². The lowest BCUT2D eigenvalue weighted by Gasteiger charge is -2.23. The number of benzene rings is 2. The van der Waals surface area contributed by atoms with E-state index in [9.17, 15) is 4.79 Å². The first-order chi connectivity index (χ1) is 13.5. The van der Waals surface area contributed by atoms with Crippen LogP contribution in [0.4, 0.5) is 23.1 Å². The molecular formula is C21H18Cl2N4O. The fourth-order valence-corrected chi connectivity index (χ4v) is 3.57. The number of hydrogen-bond acceptors (Lipinski definition) is 5. The molecule has 0 bridgehead atoms. The van der Waals surface area contributed by atoms with Crippen LogP contribution in [0, 0.1) is 5.92 Å². The minimum atomic E-state index is 0.0440. The lowest BCUT2D eigenvalue weighted by atomic mass is 9.87. The highest BCUT2D eigenvalue weighted by atomic mass is 35.5. The largest absolute Gasteiger partial charge is 0.339 e. The summed E-state index contributed by atoms with van der Waals surface area (Å²) in [6.45, 7) is 2.05. The van der Waals surface area contributed by atoms with E-state index in [4.69, 9.17) is 23.2 Å². The molecule has 2 N–H and O–H groups in total. The molecule has 2 aromatic carbocycles. The second-order valence-electron chi connectivity index (χ2n) is 6.90. The normalized spacial score (nSPS) is 15.8. The fraction of sp³-hybridized carbons (Fsp3) is 0.190. The van der Waals surface area contributed by atoms with Crippen molar-refractivity contribution in [3.63, 3.8) is 0 Å². The summed E-state index contributed by atoms with van der Waals surface area (Å²) in [5.74, 6) is 1.20. The van der Waals surface area contributed by atoms with Gasteiger partial charge in [-0.2, -0.15) is 4.98 Å². The number of nitrogens with zero attached hydrogens (tertiary/aromatic N) is 2. The number of hydrogen-bond donors (Lipinski definition) is 2. The van der Waals surface area contributed by atoms with Crippen LogP contribution in [0.25, 0.3) is 0 Å².